The summed E-state index contributed by atoms with van der Waals surface area (Å²) in [5, 5.41) is 9.10. The molecule has 3 nitrogen and oxygen atoms in total. The Balaban J connectivity index is 2.96. The minimum absolute atomic E-state index is 0.0215. The summed E-state index contributed by atoms with van der Waals surface area (Å²) in [6.45, 7) is 1.31. The van der Waals surface area contributed by atoms with Gasteiger partial charge in [0, 0.05) is 15.6 Å². The molecule has 2 aromatic rings. The van der Waals surface area contributed by atoms with Gasteiger partial charge in [-0.25, -0.2) is 4.39 Å². The molecule has 2 aromatic carbocycles. The molecule has 0 radical (unpaired) electrons. The van der Waals surface area contributed by atoms with Gasteiger partial charge in [0.1, 0.15) is 0 Å². The SMILES string of the molecule is CCc1cc(C(F)(C(F)(F)F)C(F)(F)C(F)(F)F)cc(Br)c1-c1cc(C#N)ccc1C(N)=O. The van der Waals surface area contributed by atoms with Crippen LogP contribution in [0.2, 0.25) is 0 Å². The van der Waals surface area contributed by atoms with Crippen LogP contribution in [0.15, 0.2) is 34.8 Å². The highest BCUT2D eigenvalue weighted by molar-refractivity contribution is 9.10. The second-order valence-electron chi connectivity index (χ2n) is 6.81. The number of benzene rings is 2. The van der Waals surface area contributed by atoms with Crippen molar-refractivity contribution < 1.29 is 44.3 Å². The molecule has 0 saturated heterocycles. The molecular weight excluding hydrogens is 535 g/mol. The Labute approximate surface area is 189 Å². The standard InChI is InChI=1S/C20H12BrF9N2O/c1-2-10-6-11(17(22,19(25,26)27)18(23,24)20(28,29)30)7-14(21)15(10)13-5-9(8-31)3-4-12(13)16(32)33/h3-7H,2H2,1H3,(H2,32,33). The zero-order valence-corrected chi connectivity index (χ0v) is 17.9. The molecule has 2 rings (SSSR count). The smallest absolute Gasteiger partial charge is 0.366 e. The Hall–Kier alpha value is -2.75. The number of aryl methyl sites for hydroxylation is 1. The number of alkyl halides is 9. The lowest BCUT2D eigenvalue weighted by molar-refractivity contribution is -0.389. The number of carbonyl (C=O) groups excluding carboxylic acids is 1. The van der Waals surface area contributed by atoms with Crippen LogP contribution in [-0.4, -0.2) is 24.2 Å². The van der Waals surface area contributed by atoms with E-state index in [-0.39, 0.29) is 46.4 Å². The highest BCUT2D eigenvalue weighted by Gasteiger charge is 2.81. The van der Waals surface area contributed by atoms with E-state index >= 15 is 0 Å². The van der Waals surface area contributed by atoms with Gasteiger partial charge in [0.05, 0.1) is 11.6 Å². The maximum absolute atomic E-state index is 14.9. The lowest BCUT2D eigenvalue weighted by Crippen LogP contribution is -2.59. The van der Waals surface area contributed by atoms with Crippen LogP contribution in [0.5, 0.6) is 0 Å². The topological polar surface area (TPSA) is 66.9 Å². The molecule has 0 bridgehead atoms. The molecule has 0 spiro atoms. The zero-order valence-electron chi connectivity index (χ0n) is 16.3. The first kappa shape index (κ1) is 26.5. The number of hydrogen-bond donors (Lipinski definition) is 1. The summed E-state index contributed by atoms with van der Waals surface area (Å²) < 4.78 is 121. The van der Waals surface area contributed by atoms with Crippen LogP contribution < -0.4 is 5.73 Å². The quantitative estimate of drug-likeness (QED) is 0.431. The molecule has 33 heavy (non-hydrogen) atoms. The van der Waals surface area contributed by atoms with Crippen molar-refractivity contribution in [3.63, 3.8) is 0 Å². The number of rotatable bonds is 5. The summed E-state index contributed by atoms with van der Waals surface area (Å²) in [7, 11) is 0. The van der Waals surface area contributed by atoms with Crippen molar-refractivity contribution in [2.24, 2.45) is 5.73 Å². The largest absolute Gasteiger partial charge is 0.457 e. The van der Waals surface area contributed by atoms with Gasteiger partial charge in [-0.2, -0.15) is 40.4 Å². The first-order valence-electron chi connectivity index (χ1n) is 8.81. The molecule has 0 aromatic heterocycles. The van der Waals surface area contributed by atoms with E-state index in [0.717, 1.165) is 12.1 Å². The van der Waals surface area contributed by atoms with Crippen LogP contribution in [0.25, 0.3) is 11.1 Å². The first-order valence-corrected chi connectivity index (χ1v) is 9.60. The number of nitrogens with two attached hydrogens (primary N) is 1. The summed E-state index contributed by atoms with van der Waals surface area (Å²) in [6, 6.07) is 5.56. The van der Waals surface area contributed by atoms with E-state index in [2.05, 4.69) is 15.9 Å². The number of halogens is 10. The van der Waals surface area contributed by atoms with Crippen molar-refractivity contribution in [3.05, 3.63) is 57.1 Å². The van der Waals surface area contributed by atoms with Gasteiger partial charge in [-0.05, 0) is 47.4 Å². The van der Waals surface area contributed by atoms with Gasteiger partial charge < -0.3 is 5.73 Å². The van der Waals surface area contributed by atoms with Crippen molar-refractivity contribution in [1.82, 2.24) is 0 Å². The maximum atomic E-state index is 14.9. The second-order valence-corrected chi connectivity index (χ2v) is 7.66. The van der Waals surface area contributed by atoms with Gasteiger partial charge in [0.2, 0.25) is 5.91 Å². The summed E-state index contributed by atoms with van der Waals surface area (Å²) >= 11 is 2.79. The molecule has 2 N–H and O–H groups in total. The summed E-state index contributed by atoms with van der Waals surface area (Å²) in [6.07, 6.45) is -13.8. The van der Waals surface area contributed by atoms with Crippen LogP contribution in [0, 0.1) is 11.3 Å². The molecule has 13 heteroatoms. The number of hydrogen-bond acceptors (Lipinski definition) is 2. The predicted molar refractivity (Wildman–Crippen MR) is 102 cm³/mol. The molecular formula is C20H12BrF9N2O. The van der Waals surface area contributed by atoms with Crippen molar-refractivity contribution in [3.8, 4) is 17.2 Å². The van der Waals surface area contributed by atoms with Crippen molar-refractivity contribution in [2.75, 3.05) is 0 Å². The van der Waals surface area contributed by atoms with Gasteiger partial charge in [-0.1, -0.05) is 28.9 Å². The third-order valence-corrected chi connectivity index (χ3v) is 5.44. The molecule has 1 atom stereocenters. The zero-order chi connectivity index (χ0) is 25.6. The Morgan fingerprint density at radius 3 is 2.00 bits per heavy atom. The van der Waals surface area contributed by atoms with E-state index in [1.54, 1.807) is 6.07 Å². The Morgan fingerprint density at radius 1 is 1.00 bits per heavy atom. The molecule has 1 amide bonds. The molecule has 1 unspecified atom stereocenters. The van der Waals surface area contributed by atoms with Gasteiger partial charge in [0.25, 0.3) is 0 Å². The summed E-state index contributed by atoms with van der Waals surface area (Å²) in [5.74, 6) is -7.85. The van der Waals surface area contributed by atoms with Crippen molar-refractivity contribution in [2.45, 2.75) is 37.3 Å². The Kier molecular flexibility index (Phi) is 6.87. The summed E-state index contributed by atoms with van der Waals surface area (Å²) in [5.41, 5.74) is -3.65. The first-order chi connectivity index (χ1) is 14.9. The van der Waals surface area contributed by atoms with Crippen LogP contribution in [-0.2, 0) is 12.1 Å². The average molecular weight is 547 g/mol. The fourth-order valence-corrected chi connectivity index (χ4v) is 3.91. The molecule has 0 aliphatic carbocycles. The molecule has 178 valence electrons. The van der Waals surface area contributed by atoms with E-state index in [4.69, 9.17) is 11.0 Å². The lowest BCUT2D eigenvalue weighted by atomic mass is 9.83. The third kappa shape index (κ3) is 4.28. The van der Waals surface area contributed by atoms with Gasteiger partial charge in [-0.15, -0.1) is 0 Å². The van der Waals surface area contributed by atoms with E-state index in [1.807, 2.05) is 0 Å². The van der Waals surface area contributed by atoms with E-state index in [0.29, 0.717) is 0 Å². The minimum atomic E-state index is -6.87. The summed E-state index contributed by atoms with van der Waals surface area (Å²) in [4.78, 5) is 11.8. The van der Waals surface area contributed by atoms with Gasteiger partial charge in [-0.3, -0.25) is 4.79 Å². The van der Waals surface area contributed by atoms with Gasteiger partial charge in [0.15, 0.2) is 0 Å². The predicted octanol–water partition coefficient (Wildman–Crippen LogP) is 6.57. The lowest BCUT2D eigenvalue weighted by Gasteiger charge is -2.36. The van der Waals surface area contributed by atoms with E-state index in [1.165, 1.54) is 13.0 Å². The van der Waals surface area contributed by atoms with E-state index < -0.39 is 39.9 Å². The number of nitriles is 1. The van der Waals surface area contributed by atoms with Crippen LogP contribution >= 0.6 is 15.9 Å². The fourth-order valence-electron chi connectivity index (χ4n) is 3.20. The monoisotopic (exact) mass is 546 g/mol. The van der Waals surface area contributed by atoms with Crippen LogP contribution in [0.1, 0.15) is 34.0 Å². The number of primary amides is 1. The normalized spacial score (nSPS) is 14.5. The number of carbonyl (C=O) groups is 1. The van der Waals surface area contributed by atoms with Crippen molar-refractivity contribution in [1.29, 1.82) is 5.26 Å². The third-order valence-electron chi connectivity index (χ3n) is 4.81. The number of amides is 1. The fraction of sp³-hybridized carbons (Fsp3) is 0.300. The van der Waals surface area contributed by atoms with Crippen LogP contribution in [0.4, 0.5) is 39.5 Å². The number of nitrogens with zero attached hydrogens (tertiary/aromatic N) is 1. The van der Waals surface area contributed by atoms with E-state index in [9.17, 15) is 44.3 Å². The maximum Gasteiger partial charge on any atom is 0.457 e. The average Bonchev–Trinajstić information content (AvgIpc) is 2.69. The van der Waals surface area contributed by atoms with Gasteiger partial charge >= 0.3 is 23.9 Å². The molecule has 0 aliphatic rings. The van der Waals surface area contributed by atoms with Crippen molar-refractivity contribution >= 4 is 21.8 Å². The second kappa shape index (κ2) is 8.55. The molecule has 0 saturated carbocycles. The minimum Gasteiger partial charge on any atom is -0.366 e. The highest BCUT2D eigenvalue weighted by atomic mass is 79.9. The Bertz CT molecular complexity index is 1140. The molecule has 0 aliphatic heterocycles. The molecule has 0 heterocycles. The molecule has 0 fully saturated rings. The Morgan fingerprint density at radius 2 is 1.58 bits per heavy atom. The van der Waals surface area contributed by atoms with Crippen LogP contribution in [0.3, 0.4) is 0 Å². The highest BCUT2D eigenvalue weighted by Crippen LogP contribution is 2.59.